The second-order valence-corrected chi connectivity index (χ2v) is 14.1. The Hall–Kier alpha value is -1.95. The maximum absolute atomic E-state index is 11.9. The molecule has 14 heteroatoms. The third-order valence-corrected chi connectivity index (χ3v) is 8.93. The second kappa shape index (κ2) is 49.7. The van der Waals surface area contributed by atoms with Crippen LogP contribution in [0.25, 0.3) is 0 Å². The van der Waals surface area contributed by atoms with E-state index in [1.165, 1.54) is 70.6 Å². The molecule has 0 amide bonds. The summed E-state index contributed by atoms with van der Waals surface area (Å²) in [5.74, 6) is 0.709. The van der Waals surface area contributed by atoms with Crippen LogP contribution in [0.5, 0.6) is 5.75 Å². The van der Waals surface area contributed by atoms with E-state index in [-0.39, 0.29) is 12.6 Å². The summed E-state index contributed by atoms with van der Waals surface area (Å²) in [5.41, 5.74) is 0. The first-order valence-corrected chi connectivity index (χ1v) is 23.0. The summed E-state index contributed by atoms with van der Waals surface area (Å²) >= 11 is 0. The normalized spacial score (nSPS) is 11.4. The molecule has 0 N–H and O–H groups in total. The number of hydrogen-bond acceptors (Lipinski definition) is 14. The summed E-state index contributed by atoms with van der Waals surface area (Å²) < 4.78 is 71.3. The van der Waals surface area contributed by atoms with Crippen molar-refractivity contribution in [3.8, 4) is 5.75 Å². The highest BCUT2D eigenvalue weighted by atomic mass is 16.6. The van der Waals surface area contributed by atoms with Crippen LogP contribution in [0.4, 0.5) is 0 Å². The summed E-state index contributed by atoms with van der Waals surface area (Å²) in [5, 5.41) is 0. The Morgan fingerprint density at radius 3 is 0.917 bits per heavy atom. The minimum Gasteiger partial charge on any atom is -0.491 e. The fourth-order valence-electron chi connectivity index (χ4n) is 5.61. The molecule has 0 radical (unpaired) electrons. The largest absolute Gasteiger partial charge is 0.491 e. The Kier molecular flexibility index (Phi) is 46.4. The Morgan fingerprint density at radius 2 is 0.600 bits per heavy atom. The minimum absolute atomic E-state index is 0.133. The summed E-state index contributed by atoms with van der Waals surface area (Å²) in [4.78, 5) is 11.9. The molecule has 0 aliphatic heterocycles. The van der Waals surface area contributed by atoms with Gasteiger partial charge in [-0.25, -0.2) is 0 Å². The fourth-order valence-corrected chi connectivity index (χ4v) is 5.61. The lowest BCUT2D eigenvalue weighted by Crippen LogP contribution is -2.16. The lowest BCUT2D eigenvalue weighted by atomic mass is 10.0. The van der Waals surface area contributed by atoms with Gasteiger partial charge >= 0.3 is 5.97 Å². The van der Waals surface area contributed by atoms with Crippen molar-refractivity contribution < 1.29 is 66.4 Å². The van der Waals surface area contributed by atoms with Crippen molar-refractivity contribution in [1.82, 2.24) is 0 Å². The third-order valence-electron chi connectivity index (χ3n) is 8.93. The molecule has 0 bridgehead atoms. The number of rotatable bonds is 51. The van der Waals surface area contributed by atoms with E-state index in [0.717, 1.165) is 18.6 Å². The van der Waals surface area contributed by atoms with Crippen LogP contribution in [-0.2, 0) is 61.6 Å². The van der Waals surface area contributed by atoms with Crippen molar-refractivity contribution in [3.63, 3.8) is 0 Å². The SMILES string of the molecule is CCCCCCCCCCCCCCCC(=O)OCCOCCOCCOCCOCCOCCOCCOCCOCCOCCOCCOCCOc1ccccc1. The predicted octanol–water partition coefficient (Wildman–Crippen LogP) is 7.27. The van der Waals surface area contributed by atoms with Gasteiger partial charge in [0, 0.05) is 6.42 Å². The standard InChI is InChI=1S/C46H84O14/c1-2-3-4-5-6-7-8-9-10-11-12-13-17-20-46(47)60-44-42-58-40-38-56-36-34-54-32-30-52-28-26-50-24-22-48-21-23-49-25-27-51-29-31-53-33-35-55-37-39-57-41-43-59-45-18-15-14-16-19-45/h14-16,18-19H,2-13,17,20-44H2,1H3. The molecule has 0 saturated carbocycles. The van der Waals surface area contributed by atoms with E-state index in [4.69, 9.17) is 61.6 Å². The van der Waals surface area contributed by atoms with Crippen molar-refractivity contribution in [3.05, 3.63) is 30.3 Å². The summed E-state index contributed by atoms with van der Waals surface area (Å²) in [6.45, 7) is 13.9. The molecule has 352 valence electrons. The zero-order valence-electron chi connectivity index (χ0n) is 37.5. The van der Waals surface area contributed by atoms with Gasteiger partial charge in [0.2, 0.25) is 0 Å². The number of carbonyl (C=O) groups is 1. The molecule has 0 atom stereocenters. The maximum atomic E-state index is 11.9. The van der Waals surface area contributed by atoms with Crippen LogP contribution in [0, 0.1) is 0 Å². The first-order chi connectivity index (χ1) is 29.8. The highest BCUT2D eigenvalue weighted by Gasteiger charge is 2.03. The van der Waals surface area contributed by atoms with Crippen molar-refractivity contribution in [2.75, 3.05) is 159 Å². The van der Waals surface area contributed by atoms with E-state index >= 15 is 0 Å². The smallest absolute Gasteiger partial charge is 0.305 e. The summed E-state index contributed by atoms with van der Waals surface area (Å²) in [6.07, 6.45) is 17.3. The van der Waals surface area contributed by atoms with Gasteiger partial charge in [-0.3, -0.25) is 4.79 Å². The van der Waals surface area contributed by atoms with Crippen LogP contribution in [0.2, 0.25) is 0 Å². The molecule has 60 heavy (non-hydrogen) atoms. The molecule has 0 aromatic heterocycles. The molecule has 0 fully saturated rings. The number of ether oxygens (including phenoxy) is 13. The van der Waals surface area contributed by atoms with Gasteiger partial charge in [-0.2, -0.15) is 0 Å². The van der Waals surface area contributed by atoms with Gasteiger partial charge in [-0.15, -0.1) is 0 Å². The van der Waals surface area contributed by atoms with Crippen LogP contribution >= 0.6 is 0 Å². The average molecular weight is 861 g/mol. The van der Waals surface area contributed by atoms with Gasteiger partial charge in [0.15, 0.2) is 0 Å². The van der Waals surface area contributed by atoms with Crippen molar-refractivity contribution in [2.45, 2.75) is 96.8 Å². The summed E-state index contributed by atoms with van der Waals surface area (Å²) in [7, 11) is 0. The quantitative estimate of drug-likeness (QED) is 0.0480. The topological polar surface area (TPSA) is 137 Å². The Labute approximate surface area is 363 Å². The molecule has 1 aromatic carbocycles. The van der Waals surface area contributed by atoms with Gasteiger partial charge in [-0.1, -0.05) is 102 Å². The molecule has 0 aliphatic carbocycles. The van der Waals surface area contributed by atoms with Crippen LogP contribution in [-0.4, -0.2) is 165 Å². The van der Waals surface area contributed by atoms with Crippen molar-refractivity contribution in [2.24, 2.45) is 0 Å². The van der Waals surface area contributed by atoms with Gasteiger partial charge in [0.1, 0.15) is 19.0 Å². The lowest BCUT2D eigenvalue weighted by Gasteiger charge is -2.09. The highest BCUT2D eigenvalue weighted by molar-refractivity contribution is 5.69. The molecule has 0 saturated heterocycles. The minimum atomic E-state index is -0.133. The Morgan fingerprint density at radius 1 is 0.333 bits per heavy atom. The second-order valence-electron chi connectivity index (χ2n) is 14.1. The molecular weight excluding hydrogens is 776 g/mol. The van der Waals surface area contributed by atoms with E-state index in [1.54, 1.807) is 0 Å². The monoisotopic (exact) mass is 861 g/mol. The van der Waals surface area contributed by atoms with Crippen molar-refractivity contribution in [1.29, 1.82) is 0 Å². The first kappa shape index (κ1) is 56.1. The molecular formula is C46H84O14. The lowest BCUT2D eigenvalue weighted by molar-refractivity contribution is -0.145. The Bertz CT molecular complexity index is 960. The van der Waals surface area contributed by atoms with Gasteiger partial charge < -0.3 is 61.6 Å². The number of para-hydroxylation sites is 1. The van der Waals surface area contributed by atoms with Crippen LogP contribution < -0.4 is 4.74 Å². The number of esters is 1. The zero-order chi connectivity index (χ0) is 42.8. The van der Waals surface area contributed by atoms with Crippen LogP contribution in [0.15, 0.2) is 30.3 Å². The van der Waals surface area contributed by atoms with Crippen molar-refractivity contribution >= 4 is 5.97 Å². The van der Waals surface area contributed by atoms with Gasteiger partial charge in [-0.05, 0) is 18.6 Å². The zero-order valence-corrected chi connectivity index (χ0v) is 37.5. The summed E-state index contributed by atoms with van der Waals surface area (Å²) in [6, 6.07) is 9.67. The first-order valence-electron chi connectivity index (χ1n) is 23.0. The predicted molar refractivity (Wildman–Crippen MR) is 232 cm³/mol. The van der Waals surface area contributed by atoms with E-state index in [9.17, 15) is 4.79 Å². The third kappa shape index (κ3) is 45.6. The molecule has 14 nitrogen and oxygen atoms in total. The number of hydrogen-bond donors (Lipinski definition) is 0. The molecule has 1 rings (SSSR count). The number of carbonyl (C=O) groups excluding carboxylic acids is 1. The molecule has 0 unspecified atom stereocenters. The van der Waals surface area contributed by atoms with E-state index in [2.05, 4.69) is 6.92 Å². The van der Waals surface area contributed by atoms with Gasteiger partial charge in [0.05, 0.1) is 145 Å². The van der Waals surface area contributed by atoms with E-state index in [0.29, 0.717) is 158 Å². The van der Waals surface area contributed by atoms with Gasteiger partial charge in [0.25, 0.3) is 0 Å². The van der Waals surface area contributed by atoms with E-state index in [1.807, 2.05) is 30.3 Å². The Balaban J connectivity index is 1.62. The van der Waals surface area contributed by atoms with E-state index < -0.39 is 0 Å². The molecule has 1 aromatic rings. The van der Waals surface area contributed by atoms with Crippen LogP contribution in [0.3, 0.4) is 0 Å². The average Bonchev–Trinajstić information content (AvgIpc) is 3.26. The number of benzene rings is 1. The highest BCUT2D eigenvalue weighted by Crippen LogP contribution is 2.13. The fraction of sp³-hybridized carbons (Fsp3) is 0.848. The number of unbranched alkanes of at least 4 members (excludes halogenated alkanes) is 12. The van der Waals surface area contributed by atoms with Crippen LogP contribution in [0.1, 0.15) is 96.8 Å². The molecule has 0 spiro atoms. The molecule has 0 heterocycles. The maximum Gasteiger partial charge on any atom is 0.305 e. The molecule has 0 aliphatic rings.